The Morgan fingerprint density at radius 2 is 1.90 bits per heavy atom. The maximum absolute atomic E-state index is 10.4. The van der Waals surface area contributed by atoms with Gasteiger partial charge in [0.1, 0.15) is 5.82 Å². The van der Waals surface area contributed by atoms with Crippen molar-refractivity contribution >= 4 is 17.0 Å². The van der Waals surface area contributed by atoms with Crippen LogP contribution in [-0.4, -0.2) is 15.5 Å². The summed E-state index contributed by atoms with van der Waals surface area (Å²) in [4.78, 5) is 15.0. The van der Waals surface area contributed by atoms with Crippen molar-refractivity contribution in [2.75, 3.05) is 0 Å². The predicted molar refractivity (Wildman–Crippen MR) is 77.4 cm³/mol. The minimum atomic E-state index is -0.958. The molecule has 0 radical (unpaired) electrons. The van der Waals surface area contributed by atoms with Gasteiger partial charge in [-0.15, -0.1) is 0 Å². The van der Waals surface area contributed by atoms with E-state index in [1.807, 2.05) is 6.92 Å². The second-order valence-corrected chi connectivity index (χ2v) is 5.44. The average molecular weight is 280 g/mol. The molecule has 1 aromatic heterocycles. The molecule has 0 saturated carbocycles. The van der Waals surface area contributed by atoms with Crippen molar-refractivity contribution in [1.29, 1.82) is 0 Å². The number of fused-ring (bicyclic) bond motifs is 1. The van der Waals surface area contributed by atoms with E-state index in [-0.39, 0.29) is 25.3 Å². The zero-order valence-corrected chi connectivity index (χ0v) is 13.4. The Bertz CT molecular complexity index is 635. The van der Waals surface area contributed by atoms with Gasteiger partial charge in [0.2, 0.25) is 0 Å². The molecule has 0 fully saturated rings. The Balaban J connectivity index is 0.00000220. The summed E-state index contributed by atoms with van der Waals surface area (Å²) in [6.45, 7) is 7.10. The van der Waals surface area contributed by atoms with E-state index in [0.717, 1.165) is 30.7 Å². The minimum absolute atomic E-state index is 0. The summed E-state index contributed by atoms with van der Waals surface area (Å²) in [6, 6.07) is 4.32. The van der Waals surface area contributed by atoms with Crippen LogP contribution in [0.25, 0.3) is 11.0 Å². The molecular formula is C16H21LiN2O2. The number of imidazole rings is 1. The quantitative estimate of drug-likeness (QED) is 0.518. The number of rotatable bonds is 6. The van der Waals surface area contributed by atoms with E-state index in [4.69, 9.17) is 0 Å². The van der Waals surface area contributed by atoms with E-state index < -0.39 is 5.97 Å². The fourth-order valence-electron chi connectivity index (χ4n) is 2.68. The molecule has 21 heavy (non-hydrogen) atoms. The summed E-state index contributed by atoms with van der Waals surface area (Å²) in [6.07, 6.45) is 2.71. The number of carboxylic acid groups (broad SMARTS) is 1. The van der Waals surface area contributed by atoms with Crippen LogP contribution in [0.15, 0.2) is 12.1 Å². The second kappa shape index (κ2) is 7.68. The molecular weight excluding hydrogens is 259 g/mol. The van der Waals surface area contributed by atoms with E-state index in [0.29, 0.717) is 6.42 Å². The van der Waals surface area contributed by atoms with Crippen molar-refractivity contribution < 1.29 is 28.8 Å². The number of benzene rings is 1. The number of hydrogen-bond acceptors (Lipinski definition) is 3. The van der Waals surface area contributed by atoms with Crippen molar-refractivity contribution in [3.63, 3.8) is 0 Å². The molecule has 0 spiro atoms. The van der Waals surface area contributed by atoms with Gasteiger partial charge in [0.05, 0.1) is 11.0 Å². The molecule has 0 aliphatic rings. The predicted octanol–water partition coefficient (Wildman–Crippen LogP) is -0.724. The van der Waals surface area contributed by atoms with E-state index in [1.165, 1.54) is 16.6 Å². The third-order valence-corrected chi connectivity index (χ3v) is 3.64. The van der Waals surface area contributed by atoms with Gasteiger partial charge >= 0.3 is 18.9 Å². The molecule has 1 heterocycles. The Morgan fingerprint density at radius 3 is 2.57 bits per heavy atom. The first-order chi connectivity index (χ1) is 9.49. The van der Waals surface area contributed by atoms with Gasteiger partial charge in [-0.1, -0.05) is 12.5 Å². The minimum Gasteiger partial charge on any atom is -0.550 e. The summed E-state index contributed by atoms with van der Waals surface area (Å²) in [5.74, 6) is 0.0640. The van der Waals surface area contributed by atoms with Gasteiger partial charge in [-0.05, 0) is 57.2 Å². The van der Waals surface area contributed by atoms with Crippen LogP contribution in [0.1, 0.15) is 42.6 Å². The van der Waals surface area contributed by atoms with Crippen molar-refractivity contribution in [3.05, 3.63) is 29.1 Å². The van der Waals surface area contributed by atoms with Gasteiger partial charge in [-0.3, -0.25) is 0 Å². The van der Waals surface area contributed by atoms with Gasteiger partial charge in [-0.25, -0.2) is 4.98 Å². The number of nitrogens with zero attached hydrogens (tertiary/aromatic N) is 2. The molecule has 0 amide bonds. The number of unbranched alkanes of at least 4 members (excludes halogenated alkanes) is 2. The SMILES string of the molecule is Cc1cc(C)c2nc(C)n(CCCCCC(=O)[O-])c2c1.[Li+]. The number of aliphatic carboxylic acids is 1. The first kappa shape index (κ1) is 17.8. The fourth-order valence-corrected chi connectivity index (χ4v) is 2.68. The monoisotopic (exact) mass is 280 g/mol. The normalized spacial score (nSPS) is 10.6. The molecule has 0 saturated heterocycles. The first-order valence-electron chi connectivity index (χ1n) is 7.13. The maximum Gasteiger partial charge on any atom is 1.00 e. The topological polar surface area (TPSA) is 58.0 Å². The molecule has 0 aliphatic heterocycles. The van der Waals surface area contributed by atoms with E-state index in [2.05, 4.69) is 35.5 Å². The van der Waals surface area contributed by atoms with Crippen LogP contribution in [0.2, 0.25) is 0 Å². The summed E-state index contributed by atoms with van der Waals surface area (Å²) in [5, 5.41) is 10.4. The zero-order chi connectivity index (χ0) is 14.7. The standard InChI is InChI=1S/C16H22N2O2.Li/c1-11-9-12(2)16-14(10-11)18(13(3)17-16)8-6-4-5-7-15(19)20;/h9-10H,4-8H2,1-3H3,(H,19,20);/q;+1/p-1. The van der Waals surface area contributed by atoms with Crippen LogP contribution < -0.4 is 24.0 Å². The molecule has 0 unspecified atom stereocenters. The summed E-state index contributed by atoms with van der Waals surface area (Å²) in [7, 11) is 0. The van der Waals surface area contributed by atoms with Crippen molar-refractivity contribution in [2.45, 2.75) is 53.0 Å². The Hall–Kier alpha value is -1.24. The summed E-state index contributed by atoms with van der Waals surface area (Å²) >= 11 is 0. The third kappa shape index (κ3) is 4.36. The molecule has 2 aromatic rings. The number of aromatic nitrogens is 2. The molecule has 0 aliphatic carbocycles. The maximum atomic E-state index is 10.4. The van der Waals surface area contributed by atoms with Gasteiger partial charge in [-0.2, -0.15) is 0 Å². The molecule has 108 valence electrons. The second-order valence-electron chi connectivity index (χ2n) is 5.44. The number of aryl methyl sites for hydroxylation is 4. The van der Waals surface area contributed by atoms with Crippen LogP contribution in [0, 0.1) is 20.8 Å². The molecule has 0 atom stereocenters. The first-order valence-corrected chi connectivity index (χ1v) is 7.13. The number of hydrogen-bond donors (Lipinski definition) is 0. The fraction of sp³-hybridized carbons (Fsp3) is 0.500. The molecule has 4 nitrogen and oxygen atoms in total. The Labute approximate surface area is 137 Å². The van der Waals surface area contributed by atoms with Crippen molar-refractivity contribution in [3.8, 4) is 0 Å². The van der Waals surface area contributed by atoms with E-state index >= 15 is 0 Å². The van der Waals surface area contributed by atoms with Gasteiger partial charge < -0.3 is 14.5 Å². The van der Waals surface area contributed by atoms with Crippen LogP contribution in [0.5, 0.6) is 0 Å². The van der Waals surface area contributed by atoms with Gasteiger partial charge in [0.15, 0.2) is 0 Å². The molecule has 1 aromatic carbocycles. The Morgan fingerprint density at radius 1 is 1.19 bits per heavy atom. The summed E-state index contributed by atoms with van der Waals surface area (Å²) in [5.41, 5.74) is 4.70. The van der Waals surface area contributed by atoms with Crippen molar-refractivity contribution in [1.82, 2.24) is 9.55 Å². The Kier molecular flexibility index (Phi) is 6.51. The van der Waals surface area contributed by atoms with Crippen LogP contribution in [0.4, 0.5) is 0 Å². The third-order valence-electron chi connectivity index (χ3n) is 3.64. The van der Waals surface area contributed by atoms with Crippen LogP contribution >= 0.6 is 0 Å². The van der Waals surface area contributed by atoms with Crippen LogP contribution in [-0.2, 0) is 11.3 Å². The van der Waals surface area contributed by atoms with Crippen LogP contribution in [0.3, 0.4) is 0 Å². The number of carbonyl (C=O) groups excluding carboxylic acids is 1. The molecule has 2 rings (SSSR count). The number of carboxylic acids is 1. The molecule has 0 bridgehead atoms. The van der Waals surface area contributed by atoms with E-state index in [9.17, 15) is 9.90 Å². The largest absolute Gasteiger partial charge is 1.00 e. The zero-order valence-electron chi connectivity index (χ0n) is 13.4. The van der Waals surface area contributed by atoms with E-state index in [1.54, 1.807) is 0 Å². The smallest absolute Gasteiger partial charge is 0.550 e. The molecule has 5 heteroatoms. The van der Waals surface area contributed by atoms with Gasteiger partial charge in [0.25, 0.3) is 0 Å². The van der Waals surface area contributed by atoms with Crippen molar-refractivity contribution in [2.24, 2.45) is 0 Å². The summed E-state index contributed by atoms with van der Waals surface area (Å²) < 4.78 is 2.23. The average Bonchev–Trinajstić information content (AvgIpc) is 2.66. The molecule has 0 N–H and O–H groups in total. The number of carbonyl (C=O) groups is 1. The van der Waals surface area contributed by atoms with Gasteiger partial charge in [0, 0.05) is 12.5 Å².